The summed E-state index contributed by atoms with van der Waals surface area (Å²) in [6.45, 7) is 6.84. The number of carbonyl (C=O) groups is 3. The Morgan fingerprint density at radius 1 is 1.14 bits per heavy atom. The van der Waals surface area contributed by atoms with Gasteiger partial charge in [-0.2, -0.15) is 0 Å². The van der Waals surface area contributed by atoms with Crippen LogP contribution in [0.5, 0.6) is 0 Å². The van der Waals surface area contributed by atoms with Crippen LogP contribution in [0.1, 0.15) is 18.4 Å². The van der Waals surface area contributed by atoms with Gasteiger partial charge >= 0.3 is 18.0 Å². The Morgan fingerprint density at radius 2 is 1.68 bits per heavy atom. The molecule has 3 rings (SSSR count). The molecular weight excluding hydrogens is 364 g/mol. The minimum Gasteiger partial charge on any atom is -0.478 e. The van der Waals surface area contributed by atoms with Crippen LogP contribution in [-0.2, 0) is 20.9 Å². The summed E-state index contributed by atoms with van der Waals surface area (Å²) in [6.07, 6.45) is 2.50. The molecular formula is C20H24N2O6. The highest BCUT2D eigenvalue weighted by atomic mass is 16.6. The van der Waals surface area contributed by atoms with Crippen LogP contribution in [-0.4, -0.2) is 63.8 Å². The predicted molar refractivity (Wildman–Crippen MR) is 101 cm³/mol. The van der Waals surface area contributed by atoms with Gasteiger partial charge in [-0.15, -0.1) is 0 Å². The standard InChI is InChI=1S/C16H20N2O2.C4H4O4/c1-13-16(20-15(19)17(13)2)8-10-18(11-9-16)12-14-6-4-3-5-7-14;5-3(6)1-2-4(7)8/h3-7H,1,8-12H2,2H3;1-2H,(H,5,6)(H,7,8). The van der Waals surface area contributed by atoms with Crippen molar-refractivity contribution in [2.75, 3.05) is 20.1 Å². The first-order valence-electron chi connectivity index (χ1n) is 8.80. The lowest BCUT2D eigenvalue weighted by Crippen LogP contribution is -2.45. The summed E-state index contributed by atoms with van der Waals surface area (Å²) in [5, 5.41) is 15.6. The molecule has 2 aliphatic rings. The highest BCUT2D eigenvalue weighted by Crippen LogP contribution is 2.39. The van der Waals surface area contributed by atoms with Crippen LogP contribution in [0, 0.1) is 0 Å². The number of hydrogen-bond acceptors (Lipinski definition) is 5. The van der Waals surface area contributed by atoms with E-state index in [0.29, 0.717) is 12.2 Å². The molecule has 2 N–H and O–H groups in total. The number of likely N-dealkylation sites (tertiary alicyclic amines) is 1. The lowest BCUT2D eigenvalue weighted by atomic mass is 9.88. The predicted octanol–water partition coefficient (Wildman–Crippen LogP) is 2.33. The minimum absolute atomic E-state index is 0.272. The van der Waals surface area contributed by atoms with Gasteiger partial charge in [-0.3, -0.25) is 9.80 Å². The van der Waals surface area contributed by atoms with E-state index in [9.17, 15) is 14.4 Å². The fraction of sp³-hybridized carbons (Fsp3) is 0.350. The average Bonchev–Trinajstić information content (AvgIpc) is 2.87. The van der Waals surface area contributed by atoms with Gasteiger partial charge in [-0.1, -0.05) is 36.9 Å². The molecule has 0 bridgehead atoms. The van der Waals surface area contributed by atoms with Crippen molar-refractivity contribution in [3.05, 3.63) is 60.3 Å². The van der Waals surface area contributed by atoms with Crippen LogP contribution in [0.2, 0.25) is 0 Å². The Kier molecular flexibility index (Phi) is 6.94. The molecule has 2 aliphatic heterocycles. The zero-order chi connectivity index (χ0) is 20.7. The number of piperidine rings is 1. The highest BCUT2D eigenvalue weighted by Gasteiger charge is 2.49. The fourth-order valence-corrected chi connectivity index (χ4v) is 3.16. The number of hydrogen-bond donors (Lipinski definition) is 2. The third-order valence-corrected chi connectivity index (χ3v) is 4.77. The maximum atomic E-state index is 11.7. The zero-order valence-corrected chi connectivity index (χ0v) is 15.7. The molecule has 2 heterocycles. The number of benzene rings is 1. The monoisotopic (exact) mass is 388 g/mol. The van der Waals surface area contributed by atoms with Crippen LogP contribution < -0.4 is 0 Å². The van der Waals surface area contributed by atoms with Crippen molar-refractivity contribution < 1.29 is 29.3 Å². The third kappa shape index (κ3) is 5.43. The topological polar surface area (TPSA) is 107 Å². The summed E-state index contributed by atoms with van der Waals surface area (Å²) >= 11 is 0. The van der Waals surface area contributed by atoms with Crippen molar-refractivity contribution in [2.45, 2.75) is 25.0 Å². The first kappa shape index (κ1) is 21.2. The Labute approximate surface area is 163 Å². The largest absolute Gasteiger partial charge is 0.478 e. The molecule has 8 nitrogen and oxygen atoms in total. The van der Waals surface area contributed by atoms with E-state index in [2.05, 4.69) is 35.7 Å². The van der Waals surface area contributed by atoms with Crippen LogP contribution in [0.4, 0.5) is 4.79 Å². The normalized spacial score (nSPS) is 18.7. The van der Waals surface area contributed by atoms with Crippen molar-refractivity contribution in [2.24, 2.45) is 0 Å². The molecule has 1 aromatic rings. The van der Waals surface area contributed by atoms with Crippen molar-refractivity contribution in [1.82, 2.24) is 9.80 Å². The van der Waals surface area contributed by atoms with Crippen LogP contribution in [0.25, 0.3) is 0 Å². The van der Waals surface area contributed by atoms with E-state index >= 15 is 0 Å². The number of carboxylic acid groups (broad SMARTS) is 2. The van der Waals surface area contributed by atoms with Crippen molar-refractivity contribution in [1.29, 1.82) is 0 Å². The fourth-order valence-electron chi connectivity index (χ4n) is 3.16. The first-order chi connectivity index (χ1) is 13.2. The third-order valence-electron chi connectivity index (χ3n) is 4.77. The number of amides is 1. The molecule has 0 unspecified atom stereocenters. The van der Waals surface area contributed by atoms with E-state index in [1.165, 1.54) is 10.5 Å². The molecule has 1 spiro atoms. The number of ether oxygens (including phenoxy) is 1. The summed E-state index contributed by atoms with van der Waals surface area (Å²) in [7, 11) is 1.73. The first-order valence-corrected chi connectivity index (χ1v) is 8.80. The van der Waals surface area contributed by atoms with Gasteiger partial charge in [0.05, 0.1) is 5.70 Å². The Bertz CT molecular complexity index is 750. The summed E-state index contributed by atoms with van der Waals surface area (Å²) in [5.74, 6) is -2.51. The molecule has 0 saturated carbocycles. The van der Waals surface area contributed by atoms with E-state index < -0.39 is 17.5 Å². The molecule has 150 valence electrons. The second-order valence-electron chi connectivity index (χ2n) is 6.64. The van der Waals surface area contributed by atoms with E-state index in [0.717, 1.165) is 38.2 Å². The van der Waals surface area contributed by atoms with Crippen LogP contribution in [0.15, 0.2) is 54.8 Å². The molecule has 2 saturated heterocycles. The number of likely N-dealkylation sites (N-methyl/N-ethyl adjacent to an activating group) is 1. The van der Waals surface area contributed by atoms with Crippen molar-refractivity contribution in [3.63, 3.8) is 0 Å². The number of nitrogens with zero attached hydrogens (tertiary/aromatic N) is 2. The van der Waals surface area contributed by atoms with E-state index in [-0.39, 0.29) is 6.09 Å². The van der Waals surface area contributed by atoms with Gasteiger partial charge in [0.1, 0.15) is 0 Å². The molecule has 0 aromatic heterocycles. The quantitative estimate of drug-likeness (QED) is 0.762. The number of aliphatic carboxylic acids is 2. The van der Waals surface area contributed by atoms with Gasteiger partial charge in [0, 0.05) is 51.7 Å². The van der Waals surface area contributed by atoms with Crippen molar-refractivity contribution >= 4 is 18.0 Å². The summed E-state index contributed by atoms with van der Waals surface area (Å²) in [6, 6.07) is 10.5. The smallest absolute Gasteiger partial charge is 0.414 e. The number of carboxylic acids is 2. The summed E-state index contributed by atoms with van der Waals surface area (Å²) in [4.78, 5) is 34.7. The molecule has 2 fully saturated rings. The SMILES string of the molecule is C=C1N(C)C(=O)OC12CCN(Cc1ccccc1)CC2.O=C(O)C=CC(=O)O. The Balaban J connectivity index is 0.000000300. The molecule has 1 aromatic carbocycles. The molecule has 1 amide bonds. The van der Waals surface area contributed by atoms with Gasteiger partial charge in [0.25, 0.3) is 0 Å². The Morgan fingerprint density at radius 3 is 2.11 bits per heavy atom. The Hall–Kier alpha value is -3.13. The maximum absolute atomic E-state index is 11.7. The van der Waals surface area contributed by atoms with Gasteiger partial charge in [0.15, 0.2) is 5.60 Å². The van der Waals surface area contributed by atoms with Gasteiger partial charge in [-0.25, -0.2) is 14.4 Å². The minimum atomic E-state index is -1.26. The molecule has 0 atom stereocenters. The zero-order valence-electron chi connectivity index (χ0n) is 15.7. The second-order valence-corrected chi connectivity index (χ2v) is 6.64. The molecule has 8 heteroatoms. The highest BCUT2D eigenvalue weighted by molar-refractivity contribution is 5.89. The second kappa shape index (κ2) is 9.18. The number of carbonyl (C=O) groups excluding carboxylic acids is 1. The van der Waals surface area contributed by atoms with Crippen LogP contribution in [0.3, 0.4) is 0 Å². The molecule has 0 aliphatic carbocycles. The maximum Gasteiger partial charge on any atom is 0.414 e. The lowest BCUT2D eigenvalue weighted by Gasteiger charge is -2.38. The summed E-state index contributed by atoms with van der Waals surface area (Å²) in [5.41, 5.74) is 1.67. The van der Waals surface area contributed by atoms with Crippen molar-refractivity contribution in [3.8, 4) is 0 Å². The lowest BCUT2D eigenvalue weighted by molar-refractivity contribution is -0.134. The molecule has 28 heavy (non-hydrogen) atoms. The van der Waals surface area contributed by atoms with Crippen LogP contribution >= 0.6 is 0 Å². The average molecular weight is 388 g/mol. The van der Waals surface area contributed by atoms with Gasteiger partial charge in [0.2, 0.25) is 0 Å². The van der Waals surface area contributed by atoms with Gasteiger partial charge < -0.3 is 14.9 Å². The number of rotatable bonds is 4. The van der Waals surface area contributed by atoms with Gasteiger partial charge in [-0.05, 0) is 5.56 Å². The van der Waals surface area contributed by atoms with E-state index in [1.54, 1.807) is 7.05 Å². The van der Waals surface area contributed by atoms with E-state index in [4.69, 9.17) is 14.9 Å². The molecule has 0 radical (unpaired) electrons. The summed E-state index contributed by atoms with van der Waals surface area (Å²) < 4.78 is 5.57. The van der Waals surface area contributed by atoms with E-state index in [1.807, 2.05) is 6.07 Å².